The molecule has 0 spiro atoms. The van der Waals surface area contributed by atoms with Crippen LogP contribution in [0.3, 0.4) is 0 Å². The van der Waals surface area contributed by atoms with E-state index in [9.17, 15) is 4.79 Å². The smallest absolute Gasteiger partial charge is 0.234 e. The molecule has 1 saturated carbocycles. The summed E-state index contributed by atoms with van der Waals surface area (Å²) in [5.41, 5.74) is 1.01. The minimum atomic E-state index is 0.0513. The molecule has 1 atom stereocenters. The summed E-state index contributed by atoms with van der Waals surface area (Å²) < 4.78 is 0. The van der Waals surface area contributed by atoms with Gasteiger partial charge in [0.25, 0.3) is 0 Å². The summed E-state index contributed by atoms with van der Waals surface area (Å²) in [4.78, 5) is 14.3. The zero-order valence-corrected chi connectivity index (χ0v) is 13.5. The third kappa shape index (κ3) is 2.81. The van der Waals surface area contributed by atoms with Crippen molar-refractivity contribution in [2.75, 3.05) is 5.75 Å². The Bertz CT molecular complexity index is 517. The molecule has 0 bridgehead atoms. The summed E-state index contributed by atoms with van der Waals surface area (Å²) in [6.07, 6.45) is 5.97. The van der Waals surface area contributed by atoms with Gasteiger partial charge >= 0.3 is 0 Å². The maximum atomic E-state index is 12.3. The van der Waals surface area contributed by atoms with Crippen molar-refractivity contribution < 1.29 is 4.79 Å². The Hall–Kier alpha value is -0.380. The summed E-state index contributed by atoms with van der Waals surface area (Å²) in [7, 11) is 0. The van der Waals surface area contributed by atoms with Crippen LogP contribution in [0, 0.1) is 0 Å². The number of thioether (sulfide) groups is 1. The van der Waals surface area contributed by atoms with Crippen LogP contribution in [0.25, 0.3) is 0 Å². The molecule has 1 aromatic carbocycles. The summed E-state index contributed by atoms with van der Waals surface area (Å²) >= 11 is 14.0. The lowest BCUT2D eigenvalue weighted by Gasteiger charge is -2.35. The SMILES string of the molecule is O=C1CS[C@@H](c2ccc(Cl)cc2Cl)N1C1CCCCC1. The molecule has 1 aliphatic carbocycles. The van der Waals surface area contributed by atoms with Crippen molar-refractivity contribution in [1.82, 2.24) is 4.90 Å². The van der Waals surface area contributed by atoms with Crippen LogP contribution >= 0.6 is 35.0 Å². The van der Waals surface area contributed by atoms with Gasteiger partial charge in [0.05, 0.1) is 5.75 Å². The van der Waals surface area contributed by atoms with Gasteiger partial charge in [-0.1, -0.05) is 48.5 Å². The largest absolute Gasteiger partial charge is 0.323 e. The fraction of sp³-hybridized carbons (Fsp3) is 0.533. The van der Waals surface area contributed by atoms with Gasteiger partial charge in [-0.3, -0.25) is 4.79 Å². The van der Waals surface area contributed by atoms with E-state index in [0.717, 1.165) is 18.4 Å². The van der Waals surface area contributed by atoms with Crippen molar-refractivity contribution >= 4 is 40.9 Å². The molecule has 20 heavy (non-hydrogen) atoms. The first-order valence-corrected chi connectivity index (χ1v) is 8.85. The maximum Gasteiger partial charge on any atom is 0.234 e. The lowest BCUT2D eigenvalue weighted by atomic mass is 9.93. The average molecular weight is 330 g/mol. The van der Waals surface area contributed by atoms with Crippen molar-refractivity contribution in [3.8, 4) is 0 Å². The van der Waals surface area contributed by atoms with E-state index in [0.29, 0.717) is 21.8 Å². The lowest BCUT2D eigenvalue weighted by molar-refractivity contribution is -0.131. The van der Waals surface area contributed by atoms with Crippen LogP contribution in [0.15, 0.2) is 18.2 Å². The summed E-state index contributed by atoms with van der Waals surface area (Å²) in [5, 5.41) is 1.35. The van der Waals surface area contributed by atoms with Crippen LogP contribution in [0.4, 0.5) is 0 Å². The van der Waals surface area contributed by atoms with Crippen LogP contribution in [0.5, 0.6) is 0 Å². The molecule has 2 aliphatic rings. The highest BCUT2D eigenvalue weighted by atomic mass is 35.5. The fourth-order valence-corrected chi connectivity index (χ4v) is 4.99. The molecule has 2 fully saturated rings. The second-order valence-corrected chi connectivity index (χ2v) is 7.33. The van der Waals surface area contributed by atoms with Gasteiger partial charge in [0.1, 0.15) is 5.37 Å². The Balaban J connectivity index is 1.88. The normalized spacial score (nSPS) is 24.4. The zero-order valence-electron chi connectivity index (χ0n) is 11.1. The minimum absolute atomic E-state index is 0.0513. The quantitative estimate of drug-likeness (QED) is 0.769. The van der Waals surface area contributed by atoms with Crippen molar-refractivity contribution in [3.63, 3.8) is 0 Å². The number of rotatable bonds is 2. The summed E-state index contributed by atoms with van der Waals surface area (Å²) in [5.74, 6) is 0.804. The van der Waals surface area contributed by atoms with Crippen molar-refractivity contribution in [3.05, 3.63) is 33.8 Å². The molecule has 0 aromatic heterocycles. The van der Waals surface area contributed by atoms with E-state index in [2.05, 4.69) is 4.90 Å². The summed E-state index contributed by atoms with van der Waals surface area (Å²) in [6, 6.07) is 5.95. The second-order valence-electron chi connectivity index (χ2n) is 5.42. The maximum absolute atomic E-state index is 12.3. The molecule has 1 aliphatic heterocycles. The second kappa shape index (κ2) is 6.17. The van der Waals surface area contributed by atoms with E-state index in [1.807, 2.05) is 12.1 Å². The first-order chi connectivity index (χ1) is 9.66. The van der Waals surface area contributed by atoms with Gasteiger partial charge in [-0.2, -0.15) is 0 Å². The van der Waals surface area contributed by atoms with Gasteiger partial charge in [0.15, 0.2) is 0 Å². The summed E-state index contributed by atoms with van der Waals surface area (Å²) in [6.45, 7) is 0. The van der Waals surface area contributed by atoms with E-state index >= 15 is 0 Å². The standard InChI is InChI=1S/C15H17Cl2NOS/c16-10-6-7-12(13(17)8-10)15-18(14(19)9-20-15)11-4-2-1-3-5-11/h6-8,11,15H,1-5,9H2/t15-/m0/s1. The molecular weight excluding hydrogens is 313 g/mol. The van der Waals surface area contributed by atoms with Gasteiger partial charge < -0.3 is 4.90 Å². The Morgan fingerprint density at radius 1 is 1.15 bits per heavy atom. The lowest BCUT2D eigenvalue weighted by Crippen LogP contribution is -2.39. The van der Waals surface area contributed by atoms with E-state index in [1.54, 1.807) is 17.8 Å². The highest BCUT2D eigenvalue weighted by Gasteiger charge is 2.38. The van der Waals surface area contributed by atoms with Crippen molar-refractivity contribution in [2.45, 2.75) is 43.5 Å². The first-order valence-electron chi connectivity index (χ1n) is 7.04. The Labute approximate surface area is 133 Å². The molecule has 1 aromatic rings. The van der Waals surface area contributed by atoms with Crippen LogP contribution < -0.4 is 0 Å². The van der Waals surface area contributed by atoms with E-state index in [-0.39, 0.29) is 11.3 Å². The molecule has 0 N–H and O–H groups in total. The Morgan fingerprint density at radius 3 is 2.60 bits per heavy atom. The van der Waals surface area contributed by atoms with Crippen molar-refractivity contribution in [2.24, 2.45) is 0 Å². The molecular formula is C15H17Cl2NOS. The average Bonchev–Trinajstić information content (AvgIpc) is 2.81. The van der Waals surface area contributed by atoms with Crippen LogP contribution in [0.1, 0.15) is 43.0 Å². The van der Waals surface area contributed by atoms with Gasteiger partial charge in [0, 0.05) is 21.7 Å². The zero-order chi connectivity index (χ0) is 14.1. The molecule has 1 saturated heterocycles. The number of carbonyl (C=O) groups excluding carboxylic acids is 1. The molecule has 1 heterocycles. The molecule has 0 unspecified atom stereocenters. The number of carbonyl (C=O) groups is 1. The number of halogens is 2. The molecule has 108 valence electrons. The van der Waals surface area contributed by atoms with E-state index < -0.39 is 0 Å². The molecule has 5 heteroatoms. The topological polar surface area (TPSA) is 20.3 Å². The van der Waals surface area contributed by atoms with Gasteiger partial charge in [-0.15, -0.1) is 11.8 Å². The van der Waals surface area contributed by atoms with Crippen molar-refractivity contribution in [1.29, 1.82) is 0 Å². The molecule has 2 nitrogen and oxygen atoms in total. The Morgan fingerprint density at radius 2 is 1.90 bits per heavy atom. The van der Waals surface area contributed by atoms with E-state index in [1.165, 1.54) is 19.3 Å². The number of nitrogens with zero attached hydrogens (tertiary/aromatic N) is 1. The molecule has 0 radical (unpaired) electrons. The predicted octanol–water partition coefficient (Wildman–Crippen LogP) is 4.90. The van der Waals surface area contributed by atoms with Gasteiger partial charge in [-0.25, -0.2) is 0 Å². The highest BCUT2D eigenvalue weighted by molar-refractivity contribution is 8.00. The number of hydrogen-bond donors (Lipinski definition) is 0. The molecule has 1 amide bonds. The third-order valence-corrected chi connectivity index (χ3v) is 5.87. The van der Waals surface area contributed by atoms with Gasteiger partial charge in [0.2, 0.25) is 5.91 Å². The fourth-order valence-electron chi connectivity index (χ4n) is 3.13. The Kier molecular flexibility index (Phi) is 4.49. The number of benzene rings is 1. The highest BCUT2D eigenvalue weighted by Crippen LogP contribution is 2.45. The minimum Gasteiger partial charge on any atom is -0.323 e. The van der Waals surface area contributed by atoms with Crippen LogP contribution in [-0.4, -0.2) is 22.6 Å². The van der Waals surface area contributed by atoms with Gasteiger partial charge in [-0.05, 0) is 25.0 Å². The first kappa shape index (κ1) is 14.6. The molecule has 3 rings (SSSR count). The third-order valence-electron chi connectivity index (χ3n) is 4.10. The number of amides is 1. The van der Waals surface area contributed by atoms with Crippen LogP contribution in [-0.2, 0) is 4.79 Å². The number of hydrogen-bond acceptors (Lipinski definition) is 2. The predicted molar refractivity (Wildman–Crippen MR) is 85.4 cm³/mol. The van der Waals surface area contributed by atoms with E-state index in [4.69, 9.17) is 23.2 Å². The van der Waals surface area contributed by atoms with Crippen LogP contribution in [0.2, 0.25) is 10.0 Å². The monoisotopic (exact) mass is 329 g/mol.